The van der Waals surface area contributed by atoms with E-state index >= 15 is 0 Å². The van der Waals surface area contributed by atoms with Crippen LogP contribution in [0.25, 0.3) is 0 Å². The highest BCUT2D eigenvalue weighted by atomic mass is 16.8. The minimum Gasteiger partial charge on any atom is -0.477 e. The van der Waals surface area contributed by atoms with E-state index in [2.05, 4.69) is 5.32 Å². The first-order valence-corrected chi connectivity index (χ1v) is 17.0. The molecule has 0 unspecified atom stereocenters. The summed E-state index contributed by atoms with van der Waals surface area (Å²) in [6.07, 6.45) is -31.3. The third-order valence-electron chi connectivity index (χ3n) is 10.0. The molecule has 23 heteroatoms. The fourth-order valence-electron chi connectivity index (χ4n) is 7.01. The number of carboxylic acid groups (broad SMARTS) is 1. The van der Waals surface area contributed by atoms with E-state index in [1.807, 2.05) is 0 Å². The van der Waals surface area contributed by atoms with E-state index < -0.39 is 160 Å². The molecular weight excluding hydrogens is 724 g/mol. The van der Waals surface area contributed by atoms with Crippen molar-refractivity contribution in [2.45, 2.75) is 142 Å². The van der Waals surface area contributed by atoms with Crippen molar-refractivity contribution in [2.24, 2.45) is 0 Å². The number of likely N-dealkylation sites (N-methyl/N-ethyl adjacent to an activating group) is 1. The summed E-state index contributed by atoms with van der Waals surface area (Å²) in [6.45, 7) is -0.428. The van der Waals surface area contributed by atoms with E-state index in [0.29, 0.717) is 0 Å². The number of hydrogen-bond donors (Lipinski definition) is 14. The number of carbonyl (C=O) groups is 2. The lowest BCUT2D eigenvalue weighted by molar-refractivity contribution is -0.382. The molecule has 23 nitrogen and oxygen atoms in total. The second-order valence-electron chi connectivity index (χ2n) is 13.8. The minimum absolute atomic E-state index is 0.143. The van der Waals surface area contributed by atoms with Crippen LogP contribution >= 0.6 is 0 Å². The van der Waals surface area contributed by atoms with Gasteiger partial charge in [0.1, 0.15) is 73.2 Å². The molecule has 4 saturated heterocycles. The van der Waals surface area contributed by atoms with Crippen LogP contribution in [0.2, 0.25) is 0 Å². The first-order chi connectivity index (χ1) is 24.8. The van der Waals surface area contributed by atoms with Gasteiger partial charge in [0.2, 0.25) is 5.91 Å². The number of piperidine rings is 1. The summed E-state index contributed by atoms with van der Waals surface area (Å²) in [5.41, 5.74) is 0. The first kappa shape index (κ1) is 43.9. The molecule has 4 heterocycles. The van der Waals surface area contributed by atoms with Gasteiger partial charge in [-0.15, -0.1) is 0 Å². The van der Waals surface area contributed by atoms with Gasteiger partial charge in [-0.2, -0.15) is 0 Å². The van der Waals surface area contributed by atoms with Gasteiger partial charge in [0.25, 0.3) is 5.79 Å². The Bertz CT molecular complexity index is 1220. The van der Waals surface area contributed by atoms with Crippen molar-refractivity contribution in [3.05, 3.63) is 0 Å². The molecule has 20 atom stereocenters. The van der Waals surface area contributed by atoms with Crippen molar-refractivity contribution in [2.75, 3.05) is 33.4 Å². The average Bonchev–Trinajstić information content (AvgIpc) is 3.10. The number of hydrogen-bond acceptors (Lipinski definition) is 21. The highest BCUT2D eigenvalue weighted by Crippen LogP contribution is 2.38. The Morgan fingerprint density at radius 3 is 2.04 bits per heavy atom. The quantitative estimate of drug-likeness (QED) is 0.0825. The van der Waals surface area contributed by atoms with Crippen molar-refractivity contribution in [3.63, 3.8) is 0 Å². The number of likely N-dealkylation sites (tertiary alicyclic amines) is 1. The molecule has 4 aliphatic heterocycles. The second kappa shape index (κ2) is 18.0. The molecule has 0 radical (unpaired) electrons. The van der Waals surface area contributed by atoms with Crippen LogP contribution < -0.4 is 5.32 Å². The number of ether oxygens (including phenoxy) is 6. The number of carboxylic acids is 1. The average molecular weight is 777 g/mol. The molecule has 53 heavy (non-hydrogen) atoms. The molecule has 4 aliphatic rings. The number of carbonyl (C=O) groups excluding carboxylic acids is 1. The SMILES string of the molecule is CC(=O)N[C@H]1[C@H]([C@H](O)[C@H](O)CO)O[C@@](O[C@H]2[C@@H](O)[C@@H](CO)O[C@@H](O[C@H]3[C@H](O[C@@H]4O[C@@H](C)[C@@H](O)[C@@H](O)[C@@H]4O)[C@@H](O)CN(C)[C@@H]3CO)[C@@H]2O)(C(=O)O)C[C@@H]1O. The summed E-state index contributed by atoms with van der Waals surface area (Å²) < 4.78 is 34.3. The fraction of sp³-hybridized carbons (Fsp3) is 0.933. The molecule has 0 aromatic carbocycles. The lowest BCUT2D eigenvalue weighted by atomic mass is 9.88. The first-order valence-electron chi connectivity index (χ1n) is 17.0. The van der Waals surface area contributed by atoms with Crippen LogP contribution in [0.4, 0.5) is 0 Å². The smallest absolute Gasteiger partial charge is 0.364 e. The predicted octanol–water partition coefficient (Wildman–Crippen LogP) is -8.77. The van der Waals surface area contributed by atoms with Crippen molar-refractivity contribution in [3.8, 4) is 0 Å². The van der Waals surface area contributed by atoms with Crippen molar-refractivity contribution >= 4 is 11.9 Å². The highest BCUT2D eigenvalue weighted by Gasteiger charge is 2.60. The lowest BCUT2D eigenvalue weighted by Crippen LogP contribution is -2.71. The number of amides is 1. The van der Waals surface area contributed by atoms with Gasteiger partial charge in [-0.1, -0.05) is 0 Å². The Kier molecular flexibility index (Phi) is 14.9. The molecular formula is C30H52N2O21. The van der Waals surface area contributed by atoms with E-state index in [9.17, 15) is 76.0 Å². The van der Waals surface area contributed by atoms with Gasteiger partial charge in [0.05, 0.1) is 50.2 Å². The molecule has 0 saturated carbocycles. The van der Waals surface area contributed by atoms with Crippen LogP contribution in [0.3, 0.4) is 0 Å². The standard InChI is InChI=1S/C30H52N2O21/c1-9-17(40)20(43)21(44)27(48-9)51-24-13(38)5-32(3)11(6-33)23(24)50-28-22(45)26(19(42)15(8-35)49-28)53-30(29(46)47)4-12(37)16(31-10(2)36)25(52-30)18(41)14(39)7-34/h9,11-28,33-35,37-45H,4-8H2,1-3H3,(H,31,36)(H,46,47)/t9-,11+,12-,13-,14+,15+,16+,17+,18+,19-,20+,21-,22+,23+,24+,25+,26-,27-,28-,30-/m0/s1. The topological polar surface area (TPSA) is 368 Å². The van der Waals surface area contributed by atoms with Gasteiger partial charge in [-0.3, -0.25) is 9.69 Å². The zero-order chi connectivity index (χ0) is 39.7. The van der Waals surface area contributed by atoms with Gasteiger partial charge in [-0.05, 0) is 14.0 Å². The monoisotopic (exact) mass is 776 g/mol. The van der Waals surface area contributed by atoms with Gasteiger partial charge in [-0.25, -0.2) is 4.79 Å². The Morgan fingerprint density at radius 1 is 0.849 bits per heavy atom. The Morgan fingerprint density at radius 2 is 1.47 bits per heavy atom. The minimum atomic E-state index is -3.05. The molecule has 4 rings (SSSR count). The van der Waals surface area contributed by atoms with Crippen LogP contribution in [-0.4, -0.2) is 239 Å². The van der Waals surface area contributed by atoms with E-state index in [1.54, 1.807) is 0 Å². The van der Waals surface area contributed by atoms with Crippen molar-refractivity contribution < 1.29 is 104 Å². The largest absolute Gasteiger partial charge is 0.477 e. The number of aliphatic hydroxyl groups excluding tert-OH is 12. The van der Waals surface area contributed by atoms with Crippen molar-refractivity contribution in [1.29, 1.82) is 0 Å². The normalized spacial score (nSPS) is 46.7. The zero-order valence-corrected chi connectivity index (χ0v) is 29.0. The maximum absolute atomic E-state index is 12.8. The summed E-state index contributed by atoms with van der Waals surface area (Å²) >= 11 is 0. The van der Waals surface area contributed by atoms with Crippen LogP contribution in [0.15, 0.2) is 0 Å². The number of aliphatic carboxylic acids is 1. The van der Waals surface area contributed by atoms with E-state index in [1.165, 1.54) is 18.9 Å². The number of aliphatic hydroxyl groups is 12. The van der Waals surface area contributed by atoms with Gasteiger partial charge >= 0.3 is 5.97 Å². The van der Waals surface area contributed by atoms with Crippen LogP contribution in [-0.2, 0) is 38.0 Å². The predicted molar refractivity (Wildman–Crippen MR) is 167 cm³/mol. The van der Waals surface area contributed by atoms with Crippen LogP contribution in [0.1, 0.15) is 20.3 Å². The van der Waals surface area contributed by atoms with Crippen LogP contribution in [0.5, 0.6) is 0 Å². The summed E-state index contributed by atoms with van der Waals surface area (Å²) in [4.78, 5) is 26.2. The molecule has 0 aliphatic carbocycles. The fourth-order valence-corrected chi connectivity index (χ4v) is 7.01. The molecule has 1 amide bonds. The Balaban J connectivity index is 1.66. The summed E-state index contributed by atoms with van der Waals surface area (Å²) in [6, 6.07) is -2.62. The lowest BCUT2D eigenvalue weighted by Gasteiger charge is -2.51. The van der Waals surface area contributed by atoms with Gasteiger partial charge in [0.15, 0.2) is 12.6 Å². The third-order valence-corrected chi connectivity index (χ3v) is 10.0. The second-order valence-corrected chi connectivity index (χ2v) is 13.8. The van der Waals surface area contributed by atoms with E-state index in [-0.39, 0.29) is 6.54 Å². The molecule has 14 N–H and O–H groups in total. The maximum atomic E-state index is 12.8. The van der Waals surface area contributed by atoms with E-state index in [4.69, 9.17) is 28.4 Å². The van der Waals surface area contributed by atoms with E-state index in [0.717, 1.165) is 6.92 Å². The number of nitrogens with one attached hydrogen (secondary N) is 1. The van der Waals surface area contributed by atoms with Crippen molar-refractivity contribution in [1.82, 2.24) is 10.2 Å². The summed E-state index contributed by atoms with van der Waals surface area (Å²) in [5, 5.41) is 139. The summed E-state index contributed by atoms with van der Waals surface area (Å²) in [5.74, 6) is -5.79. The Labute approximate surface area is 302 Å². The Hall–Kier alpha value is -1.82. The number of nitrogens with zero attached hydrogens (tertiary/aromatic N) is 1. The van der Waals surface area contributed by atoms with Crippen LogP contribution in [0, 0.1) is 0 Å². The number of rotatable bonds is 13. The zero-order valence-electron chi connectivity index (χ0n) is 29.0. The maximum Gasteiger partial charge on any atom is 0.364 e. The number of β-amino-alcohol motifs (C(OH)–C–C–N with tert-alkyl or cyclic N) is 1. The van der Waals surface area contributed by atoms with Gasteiger partial charge in [0, 0.05) is 19.9 Å². The molecule has 0 spiro atoms. The molecule has 4 fully saturated rings. The molecule has 0 bridgehead atoms. The highest BCUT2D eigenvalue weighted by molar-refractivity contribution is 5.76. The third kappa shape index (κ3) is 9.09. The molecule has 0 aromatic rings. The summed E-state index contributed by atoms with van der Waals surface area (Å²) in [7, 11) is 1.49. The molecule has 0 aromatic heterocycles. The van der Waals surface area contributed by atoms with Gasteiger partial charge < -0.3 is 100 Å². The molecule has 308 valence electrons.